The normalized spacial score (nSPS) is 17.4. The molecule has 0 aromatic carbocycles. The summed E-state index contributed by atoms with van der Waals surface area (Å²) in [4.78, 5) is 93.4. The summed E-state index contributed by atoms with van der Waals surface area (Å²) in [5, 5.41) is 8.58. The van der Waals surface area contributed by atoms with Gasteiger partial charge < -0.3 is 16.0 Å². The molecule has 13 nitrogen and oxygen atoms in total. The Morgan fingerprint density at radius 1 is 0.625 bits per heavy atom. The first kappa shape index (κ1) is 51.8. The summed E-state index contributed by atoms with van der Waals surface area (Å²) < 4.78 is 0. The van der Waals surface area contributed by atoms with Crippen LogP contribution in [0.5, 0.6) is 0 Å². The van der Waals surface area contributed by atoms with E-state index in [0.29, 0.717) is 57.3 Å². The third kappa shape index (κ3) is 23.0. The Morgan fingerprint density at radius 3 is 1.57 bits per heavy atom. The number of carbonyl (C=O) groups excluding carboxylic acids is 8. The molecule has 1 saturated carbocycles. The van der Waals surface area contributed by atoms with Crippen LogP contribution in [0.3, 0.4) is 0 Å². The number of rotatable bonds is 21. The molecule has 56 heavy (non-hydrogen) atoms. The molecule has 3 aliphatic rings. The Labute approximate surface area is 336 Å². The third-order valence-corrected chi connectivity index (χ3v) is 9.58. The molecule has 3 N–H and O–H groups in total. The molecule has 3 rings (SSSR count). The number of ketones is 1. The van der Waals surface area contributed by atoms with E-state index in [0.717, 1.165) is 68.7 Å². The first-order chi connectivity index (χ1) is 26.0. The first-order valence-electron chi connectivity index (χ1n) is 20.4. The Bertz CT molecular complexity index is 1300. The van der Waals surface area contributed by atoms with Crippen LogP contribution in [0.4, 0.5) is 0 Å². The number of nitrogens with zero attached hydrogens (tertiary/aromatic N) is 2. The lowest BCUT2D eigenvalue weighted by molar-refractivity contribution is -0.139. The summed E-state index contributed by atoms with van der Waals surface area (Å²) in [6.07, 6.45) is 16.7. The minimum absolute atomic E-state index is 0. The molecule has 13 heteroatoms. The molecule has 1 fully saturated rings. The van der Waals surface area contributed by atoms with Gasteiger partial charge in [-0.3, -0.25) is 48.2 Å². The van der Waals surface area contributed by atoms with Crippen molar-refractivity contribution < 1.29 is 38.4 Å². The van der Waals surface area contributed by atoms with Crippen molar-refractivity contribution in [2.75, 3.05) is 32.7 Å². The van der Waals surface area contributed by atoms with E-state index < -0.39 is 0 Å². The highest BCUT2D eigenvalue weighted by Crippen LogP contribution is 2.30. The van der Waals surface area contributed by atoms with E-state index in [1.807, 2.05) is 13.8 Å². The molecule has 1 aliphatic carbocycles. The van der Waals surface area contributed by atoms with E-state index in [1.165, 1.54) is 49.0 Å². The van der Waals surface area contributed by atoms with Gasteiger partial charge in [-0.1, -0.05) is 74.7 Å². The maximum Gasteiger partial charge on any atom is 0.253 e. The molecule has 2 aliphatic heterocycles. The number of hydrogen-bond acceptors (Lipinski definition) is 8. The zero-order valence-electron chi connectivity index (χ0n) is 34.6. The van der Waals surface area contributed by atoms with Crippen molar-refractivity contribution in [3.8, 4) is 0 Å². The predicted octanol–water partition coefficient (Wildman–Crippen LogP) is 5.67. The summed E-state index contributed by atoms with van der Waals surface area (Å²) in [7, 11) is 0. The number of amides is 7. The average molecular weight is 788 g/mol. The molecular weight excluding hydrogens is 714 g/mol. The van der Waals surface area contributed by atoms with Crippen LogP contribution in [0.15, 0.2) is 24.3 Å². The number of imide groups is 2. The van der Waals surface area contributed by atoms with Gasteiger partial charge in [0.15, 0.2) is 0 Å². The van der Waals surface area contributed by atoms with Crippen molar-refractivity contribution in [2.24, 2.45) is 29.6 Å². The van der Waals surface area contributed by atoms with Crippen molar-refractivity contribution in [3.63, 3.8) is 0 Å². The SMILES string of the molecule is C.CC(=O)CCNC(=O)C(C)C.CC(C)CCCCNC(=O)C1CCC(CN2C(=O)C=CC2=O)CC1.CC(C)CCCCNC(=O)CCCN1C(=O)C=CC1=O. The van der Waals surface area contributed by atoms with Crippen LogP contribution >= 0.6 is 0 Å². The van der Waals surface area contributed by atoms with Gasteiger partial charge in [0.25, 0.3) is 23.6 Å². The van der Waals surface area contributed by atoms with Crippen LogP contribution in [0, 0.1) is 29.6 Å². The molecule has 0 radical (unpaired) electrons. The van der Waals surface area contributed by atoms with Gasteiger partial charge in [0.2, 0.25) is 17.7 Å². The lowest BCUT2D eigenvalue weighted by Gasteiger charge is -2.30. The maximum atomic E-state index is 12.2. The summed E-state index contributed by atoms with van der Waals surface area (Å²) in [6, 6.07) is 0. The second-order valence-electron chi connectivity index (χ2n) is 15.9. The molecule has 0 bridgehead atoms. The average Bonchev–Trinajstić information content (AvgIpc) is 3.62. The molecule has 0 saturated heterocycles. The van der Waals surface area contributed by atoms with E-state index in [2.05, 4.69) is 43.6 Å². The molecule has 7 amide bonds. The fourth-order valence-electron chi connectivity index (χ4n) is 6.12. The van der Waals surface area contributed by atoms with E-state index in [1.54, 1.807) is 0 Å². The van der Waals surface area contributed by atoms with Crippen LogP contribution in [-0.2, 0) is 38.4 Å². The fourth-order valence-corrected chi connectivity index (χ4v) is 6.12. The predicted molar refractivity (Wildman–Crippen MR) is 220 cm³/mol. The van der Waals surface area contributed by atoms with Gasteiger partial charge >= 0.3 is 0 Å². The fraction of sp³-hybridized carbons (Fsp3) is 0.721. The largest absolute Gasteiger partial charge is 0.356 e. The summed E-state index contributed by atoms with van der Waals surface area (Å²) in [5.41, 5.74) is 0. The smallest absolute Gasteiger partial charge is 0.253 e. The Hall–Kier alpha value is -4.16. The molecule has 2 heterocycles. The molecule has 318 valence electrons. The summed E-state index contributed by atoms with van der Waals surface area (Å²) >= 11 is 0. The molecule has 0 unspecified atom stereocenters. The first-order valence-corrected chi connectivity index (χ1v) is 20.4. The van der Waals surface area contributed by atoms with Crippen molar-refractivity contribution >= 4 is 47.1 Å². The number of Topliss-reactive ketones (excluding diaryl/α,β-unsaturated/α-hetero) is 1. The lowest BCUT2D eigenvalue weighted by atomic mass is 9.81. The van der Waals surface area contributed by atoms with E-state index >= 15 is 0 Å². The highest BCUT2D eigenvalue weighted by atomic mass is 16.2. The third-order valence-electron chi connectivity index (χ3n) is 9.58. The monoisotopic (exact) mass is 788 g/mol. The van der Waals surface area contributed by atoms with Crippen LogP contribution in [0.25, 0.3) is 0 Å². The Morgan fingerprint density at radius 2 is 1.11 bits per heavy atom. The second-order valence-corrected chi connectivity index (χ2v) is 15.9. The van der Waals surface area contributed by atoms with Crippen LogP contribution in [0.2, 0.25) is 0 Å². The van der Waals surface area contributed by atoms with Crippen molar-refractivity contribution in [2.45, 2.75) is 139 Å². The van der Waals surface area contributed by atoms with Gasteiger partial charge in [0, 0.05) is 81.7 Å². The van der Waals surface area contributed by atoms with Gasteiger partial charge in [-0.15, -0.1) is 0 Å². The molecule has 0 spiro atoms. The van der Waals surface area contributed by atoms with Gasteiger partial charge in [0.05, 0.1) is 0 Å². The van der Waals surface area contributed by atoms with Gasteiger partial charge in [-0.2, -0.15) is 0 Å². The van der Waals surface area contributed by atoms with Gasteiger partial charge in [0.1, 0.15) is 5.78 Å². The van der Waals surface area contributed by atoms with Crippen LogP contribution in [0.1, 0.15) is 139 Å². The Kier molecular flexibility index (Phi) is 27.0. The number of unbranched alkanes of at least 4 members (excludes halogenated alkanes) is 2. The highest BCUT2D eigenvalue weighted by Gasteiger charge is 2.31. The molecule has 0 aromatic rings. The number of carbonyl (C=O) groups is 8. The maximum absolute atomic E-state index is 12.2. The minimum atomic E-state index is -0.288. The quantitative estimate of drug-likeness (QED) is 0.0984. The number of hydrogen-bond donors (Lipinski definition) is 3. The summed E-state index contributed by atoms with van der Waals surface area (Å²) in [6.45, 7) is 16.7. The number of nitrogens with one attached hydrogen (secondary N) is 3. The standard InChI is InChI=1S/C19H30N2O3.C15H24N2O3.C8H15NO2.CH4/c1-14(2)5-3-4-12-20-19(24)16-8-6-15(7-9-16)13-21-17(22)10-11-18(21)23;1-12(2)6-3-4-10-16-13(18)7-5-11-17-14(19)8-9-15(17)20;1-6(2)8(11)9-5-4-7(3)10;/h10-11,14-16H,3-9,12-13H2,1-2H3,(H,20,24);8-9,12H,3-7,10-11H2,1-2H3,(H,16,18);6H,4-5H2,1-3H3,(H,9,11);1H4. The molecule has 0 atom stereocenters. The summed E-state index contributed by atoms with van der Waals surface area (Å²) in [5.74, 6) is 1.13. The van der Waals surface area contributed by atoms with Crippen molar-refractivity contribution in [3.05, 3.63) is 24.3 Å². The van der Waals surface area contributed by atoms with E-state index in [4.69, 9.17) is 0 Å². The second kappa shape index (κ2) is 29.1. The van der Waals surface area contributed by atoms with E-state index in [-0.39, 0.29) is 66.4 Å². The van der Waals surface area contributed by atoms with Crippen molar-refractivity contribution in [1.82, 2.24) is 25.8 Å². The van der Waals surface area contributed by atoms with Crippen LogP contribution < -0.4 is 16.0 Å². The molecular formula is C43H73N5O8. The van der Waals surface area contributed by atoms with E-state index in [9.17, 15) is 38.4 Å². The molecule has 0 aromatic heterocycles. The zero-order valence-corrected chi connectivity index (χ0v) is 34.6. The Balaban J connectivity index is 0.000000857. The topological polar surface area (TPSA) is 179 Å². The van der Waals surface area contributed by atoms with Crippen molar-refractivity contribution in [1.29, 1.82) is 0 Å². The highest BCUT2D eigenvalue weighted by molar-refractivity contribution is 6.13. The zero-order chi connectivity index (χ0) is 41.3. The van der Waals surface area contributed by atoms with Gasteiger partial charge in [-0.25, -0.2) is 0 Å². The van der Waals surface area contributed by atoms with Gasteiger partial charge in [-0.05, 0) is 69.6 Å². The lowest BCUT2D eigenvalue weighted by Crippen LogP contribution is -2.38. The van der Waals surface area contributed by atoms with Crippen LogP contribution in [-0.4, -0.2) is 89.7 Å². The minimum Gasteiger partial charge on any atom is -0.356 e.